The van der Waals surface area contributed by atoms with E-state index >= 15 is 0 Å². The smallest absolute Gasteiger partial charge is 0.258 e. The molecule has 0 aliphatic rings. The minimum atomic E-state index is -0.217. The Balaban J connectivity index is 0.00000242. The van der Waals surface area contributed by atoms with Gasteiger partial charge in [-0.15, -0.1) is 11.8 Å². The lowest BCUT2D eigenvalue weighted by molar-refractivity contribution is 0.102. The van der Waals surface area contributed by atoms with Crippen molar-refractivity contribution in [1.29, 1.82) is 0 Å². The number of rotatable bonds is 4. The van der Waals surface area contributed by atoms with Crippen LogP contribution < -0.4 is 10.2 Å². The summed E-state index contributed by atoms with van der Waals surface area (Å²) in [5.41, 5.74) is 2.66. The van der Waals surface area contributed by atoms with E-state index in [1.807, 2.05) is 44.3 Å². The molecule has 0 fully saturated rings. The first kappa shape index (κ1) is 18.0. The second-order valence-corrected chi connectivity index (χ2v) is 5.58. The van der Waals surface area contributed by atoms with Crippen LogP contribution in [0.4, 0.5) is 11.6 Å². The molecule has 0 saturated carbocycles. The third-order valence-corrected chi connectivity index (χ3v) is 4.08. The minimum absolute atomic E-state index is 0. The third kappa shape index (κ3) is 3.38. The van der Waals surface area contributed by atoms with Crippen molar-refractivity contribution in [3.8, 4) is 0 Å². The lowest BCUT2D eigenvalue weighted by Crippen LogP contribution is -2.18. The van der Waals surface area contributed by atoms with Crippen molar-refractivity contribution in [3.63, 3.8) is 0 Å². The van der Waals surface area contributed by atoms with Crippen LogP contribution in [0.15, 0.2) is 17.0 Å². The predicted octanol–water partition coefficient (Wildman–Crippen LogP) is 2.19. The highest BCUT2D eigenvalue weighted by atomic mass is 32.2. The first-order valence-electron chi connectivity index (χ1n) is 6.34. The number of nitrogens with zero attached hydrogens (tertiary/aromatic N) is 5. The van der Waals surface area contributed by atoms with E-state index in [0.717, 1.165) is 16.1 Å². The molecule has 0 aliphatic heterocycles. The molecule has 8 heteroatoms. The summed E-state index contributed by atoms with van der Waals surface area (Å²) in [6.45, 7) is 1.95. The fraction of sp³-hybridized carbons (Fsp3) is 0.429. The number of nitrogens with one attached hydrogen (secondary N) is 1. The van der Waals surface area contributed by atoms with E-state index in [0.29, 0.717) is 11.5 Å². The van der Waals surface area contributed by atoms with Gasteiger partial charge in [-0.3, -0.25) is 10.1 Å². The molecule has 0 unspecified atom stereocenters. The zero-order valence-electron chi connectivity index (χ0n) is 12.7. The van der Waals surface area contributed by atoms with Gasteiger partial charge >= 0.3 is 0 Å². The molecule has 0 aliphatic carbocycles. The molecule has 22 heavy (non-hydrogen) atoms. The van der Waals surface area contributed by atoms with Gasteiger partial charge in [-0.1, -0.05) is 12.5 Å². The third-order valence-electron chi connectivity index (χ3n) is 3.16. The molecule has 0 saturated heterocycles. The number of carbonyl (C=O) groups excluding carboxylic acids is 1. The Morgan fingerprint density at radius 3 is 2.55 bits per heavy atom. The molecule has 1 amide bonds. The van der Waals surface area contributed by atoms with Gasteiger partial charge in [0.2, 0.25) is 5.95 Å². The fourth-order valence-electron chi connectivity index (χ4n) is 2.04. The molecule has 2 rings (SSSR count). The topological polar surface area (TPSA) is 75.9 Å². The zero-order valence-corrected chi connectivity index (χ0v) is 13.5. The summed E-state index contributed by atoms with van der Waals surface area (Å²) < 4.78 is 1.41. The Morgan fingerprint density at radius 1 is 1.36 bits per heavy atom. The number of tetrazole rings is 1. The lowest BCUT2D eigenvalue weighted by atomic mass is 10.1. The summed E-state index contributed by atoms with van der Waals surface area (Å²) in [6, 6.07) is 3.77. The Kier molecular flexibility index (Phi) is 5.92. The molecule has 120 valence electrons. The van der Waals surface area contributed by atoms with Gasteiger partial charge in [0.05, 0.1) is 5.69 Å². The Hall–Kier alpha value is -2.09. The molecule has 1 heterocycles. The van der Waals surface area contributed by atoms with Crippen LogP contribution in [-0.2, 0) is 7.05 Å². The quantitative estimate of drug-likeness (QED) is 0.870. The van der Waals surface area contributed by atoms with Crippen molar-refractivity contribution < 1.29 is 4.79 Å². The number of benzene rings is 1. The summed E-state index contributed by atoms with van der Waals surface area (Å²) in [5.74, 6) is 0.104. The first-order chi connectivity index (χ1) is 9.95. The summed E-state index contributed by atoms with van der Waals surface area (Å²) in [6.07, 6.45) is 2.00. The van der Waals surface area contributed by atoms with E-state index in [1.54, 1.807) is 18.8 Å². The Labute approximate surface area is 135 Å². The predicted molar refractivity (Wildman–Crippen MR) is 90.8 cm³/mol. The van der Waals surface area contributed by atoms with Gasteiger partial charge in [-0.25, -0.2) is 4.68 Å². The second kappa shape index (κ2) is 7.26. The van der Waals surface area contributed by atoms with Crippen LogP contribution >= 0.6 is 11.8 Å². The highest BCUT2D eigenvalue weighted by Crippen LogP contribution is 2.33. The largest absolute Gasteiger partial charge is 0.377 e. The highest BCUT2D eigenvalue weighted by Gasteiger charge is 2.17. The minimum Gasteiger partial charge on any atom is -0.377 e. The van der Waals surface area contributed by atoms with Crippen molar-refractivity contribution >= 4 is 29.3 Å². The summed E-state index contributed by atoms with van der Waals surface area (Å²) in [5, 5.41) is 13.7. The van der Waals surface area contributed by atoms with Crippen molar-refractivity contribution in [2.45, 2.75) is 19.2 Å². The molecule has 0 bridgehead atoms. The summed E-state index contributed by atoms with van der Waals surface area (Å²) in [7, 11) is 5.64. The average Bonchev–Trinajstić information content (AvgIpc) is 2.83. The SMILES string of the molecule is C.CSc1c(N(C)C)ccc(C(=O)Nc2nnnn2C)c1C. The lowest BCUT2D eigenvalue weighted by Gasteiger charge is -2.19. The van der Waals surface area contributed by atoms with Crippen LogP contribution in [0.5, 0.6) is 0 Å². The van der Waals surface area contributed by atoms with Crippen molar-refractivity contribution in [2.75, 3.05) is 30.6 Å². The zero-order chi connectivity index (χ0) is 15.6. The van der Waals surface area contributed by atoms with E-state index in [9.17, 15) is 4.79 Å². The number of anilines is 2. The first-order valence-corrected chi connectivity index (χ1v) is 7.56. The number of hydrogen-bond acceptors (Lipinski definition) is 6. The maximum atomic E-state index is 12.4. The maximum absolute atomic E-state index is 12.4. The number of thioether (sulfide) groups is 1. The molecular formula is C14H22N6OS. The molecule has 2 aromatic rings. The number of aryl methyl sites for hydroxylation is 1. The van der Waals surface area contributed by atoms with Crippen LogP contribution in [0.1, 0.15) is 23.3 Å². The molecule has 7 nitrogen and oxygen atoms in total. The molecule has 1 N–H and O–H groups in total. The highest BCUT2D eigenvalue weighted by molar-refractivity contribution is 7.98. The van der Waals surface area contributed by atoms with Gasteiger partial charge < -0.3 is 4.90 Å². The summed E-state index contributed by atoms with van der Waals surface area (Å²) in [4.78, 5) is 15.5. The van der Waals surface area contributed by atoms with Gasteiger partial charge in [0.15, 0.2) is 0 Å². The Bertz CT molecular complexity index is 667. The van der Waals surface area contributed by atoms with Crippen LogP contribution in [-0.4, -0.2) is 46.5 Å². The van der Waals surface area contributed by atoms with Gasteiger partial charge in [0, 0.05) is 31.6 Å². The number of amides is 1. The van der Waals surface area contributed by atoms with Crippen LogP contribution in [0.25, 0.3) is 0 Å². The molecule has 0 radical (unpaired) electrons. The van der Waals surface area contributed by atoms with Gasteiger partial charge in [-0.2, -0.15) is 0 Å². The number of carbonyl (C=O) groups is 1. The van der Waals surface area contributed by atoms with Gasteiger partial charge in [0.1, 0.15) is 0 Å². The Morgan fingerprint density at radius 2 is 2.05 bits per heavy atom. The van der Waals surface area contributed by atoms with Crippen molar-refractivity contribution in [1.82, 2.24) is 20.2 Å². The van der Waals surface area contributed by atoms with Crippen LogP contribution in [0.2, 0.25) is 0 Å². The van der Waals surface area contributed by atoms with Crippen LogP contribution in [0, 0.1) is 6.92 Å². The second-order valence-electron chi connectivity index (χ2n) is 4.77. The van der Waals surface area contributed by atoms with Crippen LogP contribution in [0.3, 0.4) is 0 Å². The summed E-state index contributed by atoms with van der Waals surface area (Å²) >= 11 is 1.63. The van der Waals surface area contributed by atoms with E-state index in [-0.39, 0.29) is 13.3 Å². The maximum Gasteiger partial charge on any atom is 0.258 e. The normalized spacial score (nSPS) is 10.0. The standard InChI is InChI=1S/C13H18N6OS.CH4/c1-8-9(6-7-10(18(2)3)11(8)21-5)12(20)14-13-15-16-17-19(13)4;/h6-7H,1-5H3,(H,14,15,17,20);1H4. The van der Waals surface area contributed by atoms with E-state index in [2.05, 4.69) is 20.8 Å². The van der Waals surface area contributed by atoms with E-state index < -0.39 is 0 Å². The molecule has 1 aromatic heterocycles. The van der Waals surface area contributed by atoms with E-state index in [1.165, 1.54) is 4.68 Å². The number of aromatic nitrogens is 4. The monoisotopic (exact) mass is 322 g/mol. The fourth-order valence-corrected chi connectivity index (χ4v) is 2.91. The average molecular weight is 322 g/mol. The van der Waals surface area contributed by atoms with Crippen molar-refractivity contribution in [3.05, 3.63) is 23.3 Å². The molecular weight excluding hydrogens is 300 g/mol. The number of hydrogen-bond donors (Lipinski definition) is 1. The van der Waals surface area contributed by atoms with Gasteiger partial charge in [-0.05, 0) is 41.3 Å². The van der Waals surface area contributed by atoms with Crippen molar-refractivity contribution in [2.24, 2.45) is 7.05 Å². The molecule has 1 aromatic carbocycles. The molecule has 0 spiro atoms. The van der Waals surface area contributed by atoms with E-state index in [4.69, 9.17) is 0 Å². The molecule has 0 atom stereocenters. The van der Waals surface area contributed by atoms with Gasteiger partial charge in [0.25, 0.3) is 5.91 Å².